The molecule has 0 spiro atoms. The van der Waals surface area contributed by atoms with Gasteiger partial charge in [-0.2, -0.15) is 0 Å². The average molecular weight is 420 g/mol. The lowest BCUT2D eigenvalue weighted by Crippen LogP contribution is -2.14. The molecule has 0 saturated heterocycles. The summed E-state index contributed by atoms with van der Waals surface area (Å²) in [6.07, 6.45) is 2.93. The van der Waals surface area contributed by atoms with E-state index in [4.69, 9.17) is 14.2 Å². The fraction of sp³-hybridized carbons (Fsp3) is 0.167. The molecule has 1 aliphatic heterocycles. The van der Waals surface area contributed by atoms with Gasteiger partial charge in [0.25, 0.3) is 5.69 Å². The number of nitrogens with zero attached hydrogens (tertiary/aromatic N) is 1. The molecule has 26 heavy (non-hydrogen) atoms. The molecule has 0 saturated carbocycles. The van der Waals surface area contributed by atoms with Crippen molar-refractivity contribution in [3.05, 3.63) is 73.8 Å². The molecule has 0 aliphatic carbocycles. The Morgan fingerprint density at radius 3 is 2.96 bits per heavy atom. The minimum Gasteiger partial charge on any atom is -0.467 e. The van der Waals surface area contributed by atoms with Gasteiger partial charge in [0, 0.05) is 33.8 Å². The van der Waals surface area contributed by atoms with Crippen LogP contribution in [0.1, 0.15) is 16.7 Å². The first-order valence-electron chi connectivity index (χ1n) is 7.64. The normalized spacial score (nSPS) is 13.1. The van der Waals surface area contributed by atoms with E-state index in [0.29, 0.717) is 16.9 Å². The fourth-order valence-corrected chi connectivity index (χ4v) is 2.88. The molecule has 0 unspecified atom stereocenters. The number of rotatable bonds is 5. The number of carbonyl (C=O) groups is 1. The van der Waals surface area contributed by atoms with Gasteiger partial charge in [-0.15, -0.1) is 0 Å². The summed E-state index contributed by atoms with van der Waals surface area (Å²) < 4.78 is 16.6. The zero-order valence-corrected chi connectivity index (χ0v) is 15.1. The molecule has 2 aromatic rings. The van der Waals surface area contributed by atoms with E-state index in [1.165, 1.54) is 18.2 Å². The topological polar surface area (TPSA) is 87.9 Å². The second kappa shape index (κ2) is 8.11. The minimum atomic E-state index is -0.558. The van der Waals surface area contributed by atoms with E-state index in [0.717, 1.165) is 10.0 Å². The number of benzene rings is 2. The summed E-state index contributed by atoms with van der Waals surface area (Å²) in [5, 5.41) is 11.1. The maximum atomic E-state index is 11.9. The lowest BCUT2D eigenvalue weighted by atomic mass is 10.1. The third kappa shape index (κ3) is 4.47. The summed E-state index contributed by atoms with van der Waals surface area (Å²) in [5.74, 6) is -0.0945. The molecule has 0 aromatic heterocycles. The van der Waals surface area contributed by atoms with Gasteiger partial charge in [0.2, 0.25) is 0 Å². The molecular formula is C18H14BrNO6. The van der Waals surface area contributed by atoms with Gasteiger partial charge in [-0.1, -0.05) is 28.1 Å². The Hall–Kier alpha value is -2.71. The number of hydrogen-bond acceptors (Lipinski definition) is 6. The van der Waals surface area contributed by atoms with Crippen molar-refractivity contribution in [1.29, 1.82) is 0 Å². The first-order valence-corrected chi connectivity index (χ1v) is 8.43. The van der Waals surface area contributed by atoms with Crippen molar-refractivity contribution in [2.45, 2.75) is 13.2 Å². The highest BCUT2D eigenvalue weighted by atomic mass is 79.9. The summed E-state index contributed by atoms with van der Waals surface area (Å²) in [6.45, 7) is 0.126. The van der Waals surface area contributed by atoms with Crippen LogP contribution in [0, 0.1) is 10.1 Å². The van der Waals surface area contributed by atoms with Crippen LogP contribution in [-0.4, -0.2) is 17.7 Å². The van der Waals surface area contributed by atoms with Crippen molar-refractivity contribution >= 4 is 33.7 Å². The Balaban J connectivity index is 1.71. The summed E-state index contributed by atoms with van der Waals surface area (Å²) in [5.41, 5.74) is 1.72. The third-order valence-corrected chi connectivity index (χ3v) is 4.11. The highest BCUT2D eigenvalue weighted by Gasteiger charge is 2.21. The second-order valence-corrected chi connectivity index (χ2v) is 6.37. The number of ether oxygens (including phenoxy) is 3. The van der Waals surface area contributed by atoms with Crippen molar-refractivity contribution < 1.29 is 23.9 Å². The zero-order valence-electron chi connectivity index (χ0n) is 13.5. The molecule has 134 valence electrons. The smallest absolute Gasteiger partial charge is 0.331 e. The molecule has 0 amide bonds. The molecule has 7 nitrogen and oxygen atoms in total. The number of halogens is 1. The van der Waals surface area contributed by atoms with Crippen LogP contribution in [0.2, 0.25) is 0 Å². The van der Waals surface area contributed by atoms with Crippen LogP contribution < -0.4 is 4.74 Å². The van der Waals surface area contributed by atoms with E-state index in [9.17, 15) is 14.9 Å². The van der Waals surface area contributed by atoms with Crippen LogP contribution in [0.4, 0.5) is 5.69 Å². The van der Waals surface area contributed by atoms with Crippen LogP contribution in [0.15, 0.2) is 46.9 Å². The van der Waals surface area contributed by atoms with Crippen LogP contribution in [0.3, 0.4) is 0 Å². The average Bonchev–Trinajstić information content (AvgIpc) is 2.64. The van der Waals surface area contributed by atoms with Crippen LogP contribution in [-0.2, 0) is 27.5 Å². The molecule has 0 bridgehead atoms. The van der Waals surface area contributed by atoms with Gasteiger partial charge in [-0.3, -0.25) is 10.1 Å². The second-order valence-electron chi connectivity index (χ2n) is 5.46. The minimum absolute atomic E-state index is 0.0501. The van der Waals surface area contributed by atoms with Crippen LogP contribution in [0.5, 0.6) is 5.75 Å². The Kier molecular flexibility index (Phi) is 5.65. The van der Waals surface area contributed by atoms with Crippen molar-refractivity contribution in [3.63, 3.8) is 0 Å². The van der Waals surface area contributed by atoms with E-state index in [1.807, 2.05) is 24.3 Å². The number of fused-ring (bicyclic) bond motifs is 1. The predicted molar refractivity (Wildman–Crippen MR) is 96.4 cm³/mol. The summed E-state index contributed by atoms with van der Waals surface area (Å²) in [4.78, 5) is 22.5. The standard InChI is InChI=1S/C18H14BrNO6/c19-15-3-1-2-12(6-15)4-5-17(21)25-10-14-8-16(20(22)23)7-13-9-24-11-26-18(13)14/h1-8H,9-11H2. The number of non-ortho nitro benzene ring substituents is 1. The van der Waals surface area contributed by atoms with E-state index in [-0.39, 0.29) is 25.7 Å². The number of nitro benzene ring substituents is 1. The maximum Gasteiger partial charge on any atom is 0.331 e. The lowest BCUT2D eigenvalue weighted by molar-refractivity contribution is -0.385. The van der Waals surface area contributed by atoms with Gasteiger partial charge >= 0.3 is 5.97 Å². The fourth-order valence-electron chi connectivity index (χ4n) is 2.46. The molecule has 0 N–H and O–H groups in total. The number of hydrogen-bond donors (Lipinski definition) is 0. The number of nitro groups is 1. The van der Waals surface area contributed by atoms with Gasteiger partial charge < -0.3 is 14.2 Å². The van der Waals surface area contributed by atoms with Gasteiger partial charge in [0.05, 0.1) is 11.5 Å². The molecule has 8 heteroatoms. The van der Waals surface area contributed by atoms with E-state index >= 15 is 0 Å². The Morgan fingerprint density at radius 2 is 2.19 bits per heavy atom. The first kappa shape index (κ1) is 18.1. The number of carbonyl (C=O) groups excluding carboxylic acids is 1. The molecule has 1 aliphatic rings. The molecule has 2 aromatic carbocycles. The lowest BCUT2D eigenvalue weighted by Gasteiger charge is -2.20. The molecule has 3 rings (SSSR count). The van der Waals surface area contributed by atoms with Gasteiger partial charge in [-0.05, 0) is 23.8 Å². The van der Waals surface area contributed by atoms with Gasteiger partial charge in [0.15, 0.2) is 6.79 Å². The Labute approximate surface area is 157 Å². The monoisotopic (exact) mass is 419 g/mol. The zero-order chi connectivity index (χ0) is 18.5. The largest absolute Gasteiger partial charge is 0.467 e. The quantitative estimate of drug-likeness (QED) is 0.315. The SMILES string of the molecule is O=C(C=Cc1cccc(Br)c1)OCc1cc([N+](=O)[O-])cc2c1OCOC2. The molecule has 1 heterocycles. The van der Waals surface area contributed by atoms with Gasteiger partial charge in [0.1, 0.15) is 12.4 Å². The molecule has 0 fully saturated rings. The molecule has 0 atom stereocenters. The van der Waals surface area contributed by atoms with Crippen molar-refractivity contribution in [1.82, 2.24) is 0 Å². The van der Waals surface area contributed by atoms with Crippen molar-refractivity contribution in [3.8, 4) is 5.75 Å². The Bertz CT molecular complexity index is 880. The predicted octanol–water partition coefficient (Wildman–Crippen LogP) is 3.98. The third-order valence-electron chi connectivity index (χ3n) is 3.61. The highest BCUT2D eigenvalue weighted by molar-refractivity contribution is 9.10. The van der Waals surface area contributed by atoms with E-state index in [1.54, 1.807) is 6.08 Å². The highest BCUT2D eigenvalue weighted by Crippen LogP contribution is 2.33. The van der Waals surface area contributed by atoms with E-state index < -0.39 is 10.9 Å². The van der Waals surface area contributed by atoms with Crippen LogP contribution in [0.25, 0.3) is 6.08 Å². The molecule has 0 radical (unpaired) electrons. The summed E-state index contributed by atoms with van der Waals surface area (Å²) in [7, 11) is 0. The van der Waals surface area contributed by atoms with Gasteiger partial charge in [-0.25, -0.2) is 4.79 Å². The molecular weight excluding hydrogens is 406 g/mol. The summed E-state index contributed by atoms with van der Waals surface area (Å²) >= 11 is 3.35. The maximum absolute atomic E-state index is 11.9. The van der Waals surface area contributed by atoms with E-state index in [2.05, 4.69) is 15.9 Å². The van der Waals surface area contributed by atoms with Crippen LogP contribution >= 0.6 is 15.9 Å². The number of esters is 1. The Morgan fingerprint density at radius 1 is 1.35 bits per heavy atom. The van der Waals surface area contributed by atoms with Crippen molar-refractivity contribution in [2.75, 3.05) is 6.79 Å². The van der Waals surface area contributed by atoms with Crippen molar-refractivity contribution in [2.24, 2.45) is 0 Å². The summed E-state index contributed by atoms with van der Waals surface area (Å²) in [6, 6.07) is 10.2. The first-order chi connectivity index (χ1) is 12.5.